The predicted octanol–water partition coefficient (Wildman–Crippen LogP) is 2.93. The molecule has 4 N–H and O–H groups in total. The average molecular weight is 306 g/mol. The summed E-state index contributed by atoms with van der Waals surface area (Å²) >= 11 is 0. The Labute approximate surface area is 125 Å². The summed E-state index contributed by atoms with van der Waals surface area (Å²) in [7, 11) is 3.24. The number of benzene rings is 2. The van der Waals surface area contributed by atoms with Gasteiger partial charge < -0.3 is 0 Å². The first-order chi connectivity index (χ1) is 9.81. The molecule has 0 saturated carbocycles. The van der Waals surface area contributed by atoms with Crippen LogP contribution in [0.1, 0.15) is 20.7 Å². The Balaban J connectivity index is 0.000000956. The molecule has 2 rings (SSSR count). The molecule has 0 aromatic heterocycles. The summed E-state index contributed by atoms with van der Waals surface area (Å²) in [6.45, 7) is 0. The number of carbonyl (C=O) groups is 2. The number of aldehydes is 2. The molecule has 0 saturated heterocycles. The molecule has 0 heterocycles. The van der Waals surface area contributed by atoms with Crippen LogP contribution >= 0.6 is 21.6 Å². The fourth-order valence-electron chi connectivity index (χ4n) is 1.30. The van der Waals surface area contributed by atoms with Crippen molar-refractivity contribution in [3.05, 3.63) is 59.7 Å². The molecule has 0 amide bonds. The number of hydrazine groups is 1. The third-order valence-corrected chi connectivity index (χ3v) is 4.68. The van der Waals surface area contributed by atoms with E-state index in [2.05, 4.69) is 11.7 Å². The van der Waals surface area contributed by atoms with Gasteiger partial charge in [0, 0.05) is 20.9 Å². The number of rotatable bonds is 5. The largest absolute Gasteiger partial charge is 0.298 e. The number of hydrogen-bond donors (Lipinski definition) is 2. The Bertz CT molecular complexity index is 491. The highest BCUT2D eigenvalue weighted by Gasteiger charge is 1.98. The maximum absolute atomic E-state index is 10.5. The summed E-state index contributed by atoms with van der Waals surface area (Å²) < 4.78 is 0. The Kier molecular flexibility index (Phi) is 7.67. The molecular weight excluding hydrogens is 292 g/mol. The minimum atomic E-state index is 0.680. The van der Waals surface area contributed by atoms with E-state index < -0.39 is 0 Å². The second kappa shape index (κ2) is 9.33. The summed E-state index contributed by atoms with van der Waals surface area (Å²) in [6, 6.07) is 14.9. The smallest absolute Gasteiger partial charge is 0.150 e. The van der Waals surface area contributed by atoms with E-state index in [-0.39, 0.29) is 0 Å². The summed E-state index contributed by atoms with van der Waals surface area (Å²) in [5.74, 6) is 8.00. The summed E-state index contributed by atoms with van der Waals surface area (Å²) in [5.41, 5.74) is 1.36. The molecular formula is C14H14N2O2S2. The lowest BCUT2D eigenvalue weighted by atomic mass is 10.2. The van der Waals surface area contributed by atoms with Crippen molar-refractivity contribution in [3.8, 4) is 0 Å². The van der Waals surface area contributed by atoms with Gasteiger partial charge in [0.25, 0.3) is 0 Å². The van der Waals surface area contributed by atoms with Crippen LogP contribution in [0.25, 0.3) is 0 Å². The molecule has 104 valence electrons. The van der Waals surface area contributed by atoms with Gasteiger partial charge in [-0.1, -0.05) is 45.9 Å². The van der Waals surface area contributed by atoms with Gasteiger partial charge >= 0.3 is 0 Å². The van der Waals surface area contributed by atoms with Crippen LogP contribution in [0, 0.1) is 0 Å². The molecule has 0 fully saturated rings. The van der Waals surface area contributed by atoms with Gasteiger partial charge in [-0.15, -0.1) is 0 Å². The van der Waals surface area contributed by atoms with Crippen LogP contribution < -0.4 is 11.7 Å². The predicted molar refractivity (Wildman–Crippen MR) is 83.7 cm³/mol. The standard InChI is InChI=1S/C14H10O2S2.H4N2/c15-9-11-1-5-13(6-2-11)17-18-14-7-3-12(10-16)4-8-14;1-2/h1-10H;1-2H2. The summed E-state index contributed by atoms with van der Waals surface area (Å²) in [5, 5.41) is 0. The van der Waals surface area contributed by atoms with Crippen molar-refractivity contribution < 1.29 is 9.59 Å². The molecule has 0 aliphatic heterocycles. The van der Waals surface area contributed by atoms with E-state index in [1.165, 1.54) is 0 Å². The lowest BCUT2D eigenvalue weighted by Crippen LogP contribution is -2.02. The van der Waals surface area contributed by atoms with Crippen LogP contribution in [0.15, 0.2) is 58.3 Å². The Hall–Kier alpha value is -1.60. The van der Waals surface area contributed by atoms with Crippen molar-refractivity contribution in [1.82, 2.24) is 0 Å². The first-order valence-corrected chi connectivity index (χ1v) is 7.75. The zero-order valence-corrected chi connectivity index (χ0v) is 12.2. The van der Waals surface area contributed by atoms with Crippen molar-refractivity contribution in [3.63, 3.8) is 0 Å². The highest BCUT2D eigenvalue weighted by atomic mass is 33.1. The van der Waals surface area contributed by atoms with Gasteiger partial charge in [-0.3, -0.25) is 21.3 Å². The van der Waals surface area contributed by atoms with E-state index in [4.69, 9.17) is 0 Å². The molecule has 0 aliphatic rings. The Morgan fingerprint density at radius 1 is 0.650 bits per heavy atom. The van der Waals surface area contributed by atoms with Crippen LogP contribution in [-0.4, -0.2) is 12.6 Å². The molecule has 0 aliphatic carbocycles. The second-order valence-corrected chi connectivity index (χ2v) is 5.82. The molecule has 2 aromatic rings. The molecule has 0 radical (unpaired) electrons. The minimum Gasteiger partial charge on any atom is -0.298 e. The van der Waals surface area contributed by atoms with Crippen molar-refractivity contribution in [2.45, 2.75) is 9.79 Å². The topological polar surface area (TPSA) is 86.2 Å². The van der Waals surface area contributed by atoms with E-state index in [1.54, 1.807) is 45.9 Å². The zero-order chi connectivity index (χ0) is 14.8. The van der Waals surface area contributed by atoms with Gasteiger partial charge in [0.05, 0.1) is 0 Å². The van der Waals surface area contributed by atoms with E-state index in [0.29, 0.717) is 11.1 Å². The molecule has 0 atom stereocenters. The highest BCUT2D eigenvalue weighted by molar-refractivity contribution is 8.76. The van der Waals surface area contributed by atoms with E-state index >= 15 is 0 Å². The molecule has 4 nitrogen and oxygen atoms in total. The van der Waals surface area contributed by atoms with Gasteiger partial charge in [0.15, 0.2) is 0 Å². The number of nitrogens with two attached hydrogens (primary N) is 2. The molecule has 2 aromatic carbocycles. The van der Waals surface area contributed by atoms with Gasteiger partial charge in [-0.05, 0) is 24.3 Å². The Morgan fingerprint density at radius 3 is 1.20 bits per heavy atom. The minimum absolute atomic E-state index is 0.680. The zero-order valence-electron chi connectivity index (χ0n) is 10.6. The van der Waals surface area contributed by atoms with Crippen LogP contribution in [0.5, 0.6) is 0 Å². The van der Waals surface area contributed by atoms with Crippen molar-refractivity contribution in [2.75, 3.05) is 0 Å². The van der Waals surface area contributed by atoms with E-state index in [1.807, 2.05) is 24.3 Å². The maximum atomic E-state index is 10.5. The normalized spacial score (nSPS) is 9.30. The summed E-state index contributed by atoms with van der Waals surface area (Å²) in [4.78, 5) is 23.2. The Morgan fingerprint density at radius 2 is 0.950 bits per heavy atom. The third kappa shape index (κ3) is 5.18. The van der Waals surface area contributed by atoms with Gasteiger partial charge in [-0.25, -0.2) is 0 Å². The van der Waals surface area contributed by atoms with Crippen LogP contribution in [0.4, 0.5) is 0 Å². The lowest BCUT2D eigenvalue weighted by molar-refractivity contribution is 0.111. The maximum Gasteiger partial charge on any atom is 0.150 e. The van der Waals surface area contributed by atoms with Crippen molar-refractivity contribution in [1.29, 1.82) is 0 Å². The van der Waals surface area contributed by atoms with Crippen LogP contribution in [0.3, 0.4) is 0 Å². The molecule has 20 heavy (non-hydrogen) atoms. The van der Waals surface area contributed by atoms with Crippen LogP contribution in [-0.2, 0) is 0 Å². The fraction of sp³-hybridized carbons (Fsp3) is 0. The number of hydrogen-bond acceptors (Lipinski definition) is 6. The quantitative estimate of drug-likeness (QED) is 0.382. The van der Waals surface area contributed by atoms with E-state index in [9.17, 15) is 9.59 Å². The van der Waals surface area contributed by atoms with E-state index in [0.717, 1.165) is 22.4 Å². The average Bonchev–Trinajstić information content (AvgIpc) is 2.55. The fourth-order valence-corrected chi connectivity index (χ4v) is 3.23. The van der Waals surface area contributed by atoms with Gasteiger partial charge in [0.2, 0.25) is 0 Å². The molecule has 6 heteroatoms. The second-order valence-electron chi connectivity index (χ2n) is 3.54. The lowest BCUT2D eigenvalue weighted by Gasteiger charge is -2.01. The SMILES string of the molecule is NN.O=Cc1ccc(SSc2ccc(C=O)cc2)cc1. The van der Waals surface area contributed by atoms with Gasteiger partial charge in [-0.2, -0.15) is 0 Å². The first kappa shape index (κ1) is 16.5. The monoisotopic (exact) mass is 306 g/mol. The highest BCUT2D eigenvalue weighted by Crippen LogP contribution is 2.37. The molecule has 0 unspecified atom stereocenters. The molecule has 0 spiro atoms. The molecule has 0 bridgehead atoms. The third-order valence-electron chi connectivity index (χ3n) is 2.27. The van der Waals surface area contributed by atoms with Crippen molar-refractivity contribution in [2.24, 2.45) is 11.7 Å². The van der Waals surface area contributed by atoms with Crippen LogP contribution in [0.2, 0.25) is 0 Å². The number of carbonyl (C=O) groups excluding carboxylic acids is 2. The summed E-state index contributed by atoms with van der Waals surface area (Å²) in [6.07, 6.45) is 1.67. The van der Waals surface area contributed by atoms with Gasteiger partial charge in [0.1, 0.15) is 12.6 Å². The first-order valence-electron chi connectivity index (χ1n) is 5.60. The van der Waals surface area contributed by atoms with Crippen molar-refractivity contribution >= 4 is 34.2 Å².